The van der Waals surface area contributed by atoms with Crippen LogP contribution in [0, 0.1) is 5.41 Å². The average molecular weight is 247 g/mol. The number of nitrogens with zero attached hydrogens (tertiary/aromatic N) is 1. The second-order valence-electron chi connectivity index (χ2n) is 5.77. The Morgan fingerprint density at radius 2 is 2.28 bits per heavy atom. The van der Waals surface area contributed by atoms with Gasteiger partial charge >= 0.3 is 0 Å². The molecular weight excluding hydrogens is 226 g/mol. The SMILES string of the molecule is CC1Cc2ccccc2N1CC1(CO)CCOC1. The highest BCUT2D eigenvalue weighted by Gasteiger charge is 2.39. The normalized spacial score (nSPS) is 30.8. The third kappa shape index (κ3) is 1.91. The van der Waals surface area contributed by atoms with Crippen molar-refractivity contribution in [2.45, 2.75) is 25.8 Å². The van der Waals surface area contributed by atoms with Crippen LogP contribution in [-0.4, -0.2) is 37.5 Å². The number of aliphatic hydroxyl groups is 1. The van der Waals surface area contributed by atoms with Gasteiger partial charge in [0.1, 0.15) is 0 Å². The van der Waals surface area contributed by atoms with Gasteiger partial charge in [0.25, 0.3) is 0 Å². The van der Waals surface area contributed by atoms with Gasteiger partial charge in [-0.2, -0.15) is 0 Å². The number of benzene rings is 1. The van der Waals surface area contributed by atoms with E-state index >= 15 is 0 Å². The fourth-order valence-corrected chi connectivity index (χ4v) is 3.18. The van der Waals surface area contributed by atoms with Crippen molar-refractivity contribution >= 4 is 5.69 Å². The van der Waals surface area contributed by atoms with Crippen LogP contribution < -0.4 is 4.90 Å². The summed E-state index contributed by atoms with van der Waals surface area (Å²) in [7, 11) is 0. The molecule has 18 heavy (non-hydrogen) atoms. The molecule has 2 heterocycles. The second-order valence-corrected chi connectivity index (χ2v) is 5.77. The molecule has 0 bridgehead atoms. The van der Waals surface area contributed by atoms with Crippen LogP contribution in [-0.2, 0) is 11.2 Å². The number of anilines is 1. The van der Waals surface area contributed by atoms with E-state index in [2.05, 4.69) is 36.1 Å². The first-order chi connectivity index (χ1) is 8.74. The van der Waals surface area contributed by atoms with Crippen molar-refractivity contribution in [2.75, 3.05) is 31.3 Å². The fourth-order valence-electron chi connectivity index (χ4n) is 3.18. The Kier molecular flexibility index (Phi) is 3.04. The molecule has 1 aromatic carbocycles. The molecular formula is C15H21NO2. The summed E-state index contributed by atoms with van der Waals surface area (Å²) < 4.78 is 5.50. The number of para-hydroxylation sites is 1. The molecule has 1 saturated heterocycles. The van der Waals surface area contributed by atoms with Gasteiger partial charge < -0.3 is 14.7 Å². The summed E-state index contributed by atoms with van der Waals surface area (Å²) in [5, 5.41) is 9.70. The number of aliphatic hydroxyl groups excluding tert-OH is 1. The largest absolute Gasteiger partial charge is 0.396 e. The molecule has 0 saturated carbocycles. The molecule has 2 aliphatic rings. The molecule has 2 aliphatic heterocycles. The summed E-state index contributed by atoms with van der Waals surface area (Å²) in [5.41, 5.74) is 2.70. The van der Waals surface area contributed by atoms with Gasteiger partial charge in [-0.05, 0) is 31.4 Å². The van der Waals surface area contributed by atoms with E-state index in [9.17, 15) is 5.11 Å². The molecule has 0 aromatic heterocycles. The maximum atomic E-state index is 9.70. The first-order valence-corrected chi connectivity index (χ1v) is 6.77. The van der Waals surface area contributed by atoms with Gasteiger partial charge in [0.2, 0.25) is 0 Å². The van der Waals surface area contributed by atoms with Crippen LogP contribution in [0.4, 0.5) is 5.69 Å². The van der Waals surface area contributed by atoms with Gasteiger partial charge in [0.05, 0.1) is 13.2 Å². The molecule has 3 rings (SSSR count). The third-order valence-corrected chi connectivity index (χ3v) is 4.37. The molecule has 1 fully saturated rings. The van der Waals surface area contributed by atoms with E-state index < -0.39 is 0 Å². The van der Waals surface area contributed by atoms with Gasteiger partial charge in [0, 0.05) is 30.3 Å². The van der Waals surface area contributed by atoms with Gasteiger partial charge in [-0.15, -0.1) is 0 Å². The highest BCUT2D eigenvalue weighted by Crippen LogP contribution is 2.37. The summed E-state index contributed by atoms with van der Waals surface area (Å²) >= 11 is 0. The lowest BCUT2D eigenvalue weighted by atomic mass is 9.87. The minimum absolute atomic E-state index is 0.0638. The lowest BCUT2D eigenvalue weighted by Gasteiger charge is -2.34. The van der Waals surface area contributed by atoms with Crippen molar-refractivity contribution in [2.24, 2.45) is 5.41 Å². The van der Waals surface area contributed by atoms with Crippen molar-refractivity contribution in [1.29, 1.82) is 0 Å². The van der Waals surface area contributed by atoms with Gasteiger partial charge in [-0.3, -0.25) is 0 Å². The van der Waals surface area contributed by atoms with Crippen molar-refractivity contribution < 1.29 is 9.84 Å². The summed E-state index contributed by atoms with van der Waals surface area (Å²) in [5.74, 6) is 0. The molecule has 0 aliphatic carbocycles. The van der Waals surface area contributed by atoms with Crippen LogP contribution in [0.1, 0.15) is 18.9 Å². The van der Waals surface area contributed by atoms with E-state index in [1.165, 1.54) is 11.3 Å². The molecule has 2 atom stereocenters. The van der Waals surface area contributed by atoms with Crippen LogP contribution in [0.2, 0.25) is 0 Å². The molecule has 3 nitrogen and oxygen atoms in total. The van der Waals surface area contributed by atoms with Gasteiger partial charge in [0.15, 0.2) is 0 Å². The molecule has 3 heteroatoms. The molecule has 0 amide bonds. The number of ether oxygens (including phenoxy) is 1. The maximum Gasteiger partial charge on any atom is 0.0562 e. The number of hydrogen-bond acceptors (Lipinski definition) is 3. The Bertz CT molecular complexity index is 426. The summed E-state index contributed by atoms with van der Waals surface area (Å²) in [4.78, 5) is 2.44. The molecule has 1 aromatic rings. The van der Waals surface area contributed by atoms with E-state index in [0.29, 0.717) is 12.6 Å². The zero-order valence-corrected chi connectivity index (χ0v) is 10.9. The smallest absolute Gasteiger partial charge is 0.0562 e. The average Bonchev–Trinajstić information content (AvgIpc) is 2.97. The first kappa shape index (κ1) is 12.0. The molecule has 2 unspecified atom stereocenters. The zero-order valence-electron chi connectivity index (χ0n) is 10.9. The fraction of sp³-hybridized carbons (Fsp3) is 0.600. The van der Waals surface area contributed by atoms with Crippen molar-refractivity contribution in [1.82, 2.24) is 0 Å². The standard InChI is InChI=1S/C15H21NO2/c1-12-8-13-4-2-3-5-14(13)16(12)9-15(10-17)6-7-18-11-15/h2-5,12,17H,6-11H2,1H3. The lowest BCUT2D eigenvalue weighted by molar-refractivity contribution is 0.0969. The predicted molar refractivity (Wildman–Crippen MR) is 71.9 cm³/mol. The minimum atomic E-state index is -0.0638. The monoisotopic (exact) mass is 247 g/mol. The Hall–Kier alpha value is -1.06. The quantitative estimate of drug-likeness (QED) is 0.884. The summed E-state index contributed by atoms with van der Waals surface area (Å²) in [6.45, 7) is 4.86. The second kappa shape index (κ2) is 4.56. The van der Waals surface area contributed by atoms with Crippen LogP contribution >= 0.6 is 0 Å². The molecule has 98 valence electrons. The van der Waals surface area contributed by atoms with Crippen LogP contribution in [0.5, 0.6) is 0 Å². The Labute approximate surface area is 108 Å². The van der Waals surface area contributed by atoms with Crippen molar-refractivity contribution in [3.8, 4) is 0 Å². The van der Waals surface area contributed by atoms with Crippen LogP contribution in [0.25, 0.3) is 0 Å². The van der Waals surface area contributed by atoms with Gasteiger partial charge in [-0.25, -0.2) is 0 Å². The number of fused-ring (bicyclic) bond motifs is 1. The third-order valence-electron chi connectivity index (χ3n) is 4.37. The molecule has 0 radical (unpaired) electrons. The Morgan fingerprint density at radius 1 is 1.44 bits per heavy atom. The molecule has 0 spiro atoms. The van der Waals surface area contributed by atoms with Crippen molar-refractivity contribution in [3.63, 3.8) is 0 Å². The first-order valence-electron chi connectivity index (χ1n) is 6.77. The topological polar surface area (TPSA) is 32.7 Å². The van der Waals surface area contributed by atoms with E-state index in [1.807, 2.05) is 0 Å². The minimum Gasteiger partial charge on any atom is -0.396 e. The zero-order chi connectivity index (χ0) is 12.6. The van der Waals surface area contributed by atoms with E-state index in [1.54, 1.807) is 0 Å². The van der Waals surface area contributed by atoms with E-state index in [-0.39, 0.29) is 12.0 Å². The highest BCUT2D eigenvalue weighted by molar-refractivity contribution is 5.59. The van der Waals surface area contributed by atoms with Crippen molar-refractivity contribution in [3.05, 3.63) is 29.8 Å². The van der Waals surface area contributed by atoms with E-state index in [4.69, 9.17) is 4.74 Å². The number of rotatable bonds is 3. The Morgan fingerprint density at radius 3 is 3.00 bits per heavy atom. The lowest BCUT2D eigenvalue weighted by Crippen LogP contribution is -2.43. The summed E-state index contributed by atoms with van der Waals surface area (Å²) in [6.07, 6.45) is 2.08. The predicted octanol–water partition coefficient (Wildman–Crippen LogP) is 1.84. The number of hydrogen-bond donors (Lipinski definition) is 1. The van der Waals surface area contributed by atoms with Crippen LogP contribution in [0.3, 0.4) is 0 Å². The van der Waals surface area contributed by atoms with Crippen LogP contribution in [0.15, 0.2) is 24.3 Å². The Balaban J connectivity index is 1.84. The maximum absolute atomic E-state index is 9.70. The highest BCUT2D eigenvalue weighted by atomic mass is 16.5. The molecule has 1 N–H and O–H groups in total. The van der Waals surface area contributed by atoms with Gasteiger partial charge in [-0.1, -0.05) is 18.2 Å². The van der Waals surface area contributed by atoms with E-state index in [0.717, 1.165) is 26.0 Å². The summed E-state index contributed by atoms with van der Waals surface area (Å²) in [6, 6.07) is 9.13.